The molecule has 100 valence electrons. The first-order valence-electron chi connectivity index (χ1n) is 6.62. The zero-order valence-corrected chi connectivity index (χ0v) is 11.4. The van der Waals surface area contributed by atoms with Crippen molar-refractivity contribution < 1.29 is 9.84 Å². The molecule has 0 saturated carbocycles. The summed E-state index contributed by atoms with van der Waals surface area (Å²) >= 11 is 0. The van der Waals surface area contributed by atoms with Crippen molar-refractivity contribution in [1.29, 1.82) is 0 Å². The van der Waals surface area contributed by atoms with E-state index in [0.29, 0.717) is 19.8 Å². The zero-order chi connectivity index (χ0) is 13.0. The van der Waals surface area contributed by atoms with E-state index in [2.05, 4.69) is 43.1 Å². The van der Waals surface area contributed by atoms with E-state index in [-0.39, 0.29) is 0 Å². The molecule has 0 amide bonds. The summed E-state index contributed by atoms with van der Waals surface area (Å²) in [5.41, 5.74) is 2.01. The molecule has 0 unspecified atom stereocenters. The molecule has 1 aromatic rings. The van der Waals surface area contributed by atoms with Crippen LogP contribution < -0.4 is 0 Å². The summed E-state index contributed by atoms with van der Waals surface area (Å²) in [4.78, 5) is 2.19. The first-order chi connectivity index (χ1) is 8.57. The highest BCUT2D eigenvalue weighted by atomic mass is 16.5. The Bertz CT molecular complexity index is 386. The average Bonchev–Trinajstić information content (AvgIpc) is 2.28. The molecule has 1 aromatic carbocycles. The van der Waals surface area contributed by atoms with Crippen LogP contribution in [-0.4, -0.2) is 42.4 Å². The van der Waals surface area contributed by atoms with Crippen LogP contribution in [0, 0.1) is 6.92 Å². The van der Waals surface area contributed by atoms with Crippen molar-refractivity contribution in [3.8, 4) is 0 Å². The lowest BCUT2D eigenvalue weighted by atomic mass is 9.94. The summed E-state index contributed by atoms with van der Waals surface area (Å²) in [7, 11) is 2.07. The molecule has 0 atom stereocenters. The van der Waals surface area contributed by atoms with Crippen LogP contribution in [0.3, 0.4) is 0 Å². The fourth-order valence-corrected chi connectivity index (χ4v) is 2.59. The lowest BCUT2D eigenvalue weighted by molar-refractivity contribution is -0.0777. The van der Waals surface area contributed by atoms with E-state index >= 15 is 0 Å². The van der Waals surface area contributed by atoms with E-state index in [0.717, 1.165) is 19.4 Å². The molecule has 0 bridgehead atoms. The smallest absolute Gasteiger partial charge is 0.0817 e. The van der Waals surface area contributed by atoms with Crippen molar-refractivity contribution >= 4 is 0 Å². The van der Waals surface area contributed by atoms with Crippen LogP contribution >= 0.6 is 0 Å². The molecule has 0 aromatic heterocycles. The predicted octanol–water partition coefficient (Wildman–Crippen LogP) is 1.97. The monoisotopic (exact) mass is 249 g/mol. The molecular formula is C15H23NO2. The van der Waals surface area contributed by atoms with E-state index in [4.69, 9.17) is 4.74 Å². The van der Waals surface area contributed by atoms with Crippen LogP contribution in [0.1, 0.15) is 24.0 Å². The second-order valence-corrected chi connectivity index (χ2v) is 5.50. The van der Waals surface area contributed by atoms with Crippen LogP contribution in [-0.2, 0) is 11.3 Å². The van der Waals surface area contributed by atoms with Crippen molar-refractivity contribution in [2.24, 2.45) is 0 Å². The summed E-state index contributed by atoms with van der Waals surface area (Å²) in [5, 5.41) is 10.5. The maximum atomic E-state index is 10.5. The number of aliphatic hydroxyl groups is 1. The minimum atomic E-state index is -0.573. The van der Waals surface area contributed by atoms with Crippen molar-refractivity contribution in [2.75, 3.05) is 26.8 Å². The molecule has 1 aliphatic rings. The van der Waals surface area contributed by atoms with Crippen LogP contribution in [0.5, 0.6) is 0 Å². The van der Waals surface area contributed by atoms with Gasteiger partial charge in [0.2, 0.25) is 0 Å². The van der Waals surface area contributed by atoms with E-state index < -0.39 is 5.60 Å². The van der Waals surface area contributed by atoms with Gasteiger partial charge in [0.1, 0.15) is 0 Å². The number of likely N-dealkylation sites (N-methyl/N-ethyl adjacent to an activating group) is 1. The lowest BCUT2D eigenvalue weighted by Gasteiger charge is -2.35. The normalized spacial score (nSPS) is 19.1. The van der Waals surface area contributed by atoms with Gasteiger partial charge >= 0.3 is 0 Å². The summed E-state index contributed by atoms with van der Waals surface area (Å²) in [5.74, 6) is 0. The molecule has 0 spiro atoms. The number of hydrogen-bond acceptors (Lipinski definition) is 3. The summed E-state index contributed by atoms with van der Waals surface area (Å²) in [6, 6.07) is 8.53. The van der Waals surface area contributed by atoms with Gasteiger partial charge < -0.3 is 9.84 Å². The second-order valence-electron chi connectivity index (χ2n) is 5.50. The Balaban J connectivity index is 1.90. The van der Waals surface area contributed by atoms with E-state index in [1.54, 1.807) is 0 Å². The van der Waals surface area contributed by atoms with Gasteiger partial charge in [0.25, 0.3) is 0 Å². The predicted molar refractivity (Wildman–Crippen MR) is 72.5 cm³/mol. The van der Waals surface area contributed by atoms with Crippen LogP contribution in [0.25, 0.3) is 0 Å². The fourth-order valence-electron chi connectivity index (χ4n) is 2.59. The number of rotatable bonds is 4. The standard InChI is InChI=1S/C15H23NO2/c1-13-4-3-5-14(10-13)11-16(2)12-15(17)6-8-18-9-7-15/h3-5,10,17H,6-9,11-12H2,1-2H3. The lowest BCUT2D eigenvalue weighted by Crippen LogP contribution is -2.45. The largest absolute Gasteiger partial charge is 0.388 e. The van der Waals surface area contributed by atoms with Crippen LogP contribution in [0.15, 0.2) is 24.3 Å². The van der Waals surface area contributed by atoms with Gasteiger partial charge in [-0.2, -0.15) is 0 Å². The van der Waals surface area contributed by atoms with Gasteiger partial charge in [0, 0.05) is 39.1 Å². The summed E-state index contributed by atoms with van der Waals surface area (Å²) in [6.07, 6.45) is 1.48. The minimum absolute atomic E-state index is 0.573. The molecule has 0 radical (unpaired) electrons. The molecule has 1 N–H and O–H groups in total. The molecule has 3 heteroatoms. The number of aryl methyl sites for hydroxylation is 1. The Kier molecular flexibility index (Phi) is 4.38. The fraction of sp³-hybridized carbons (Fsp3) is 0.600. The van der Waals surface area contributed by atoms with E-state index in [9.17, 15) is 5.11 Å². The highest BCUT2D eigenvalue weighted by Crippen LogP contribution is 2.22. The van der Waals surface area contributed by atoms with Crippen molar-refractivity contribution in [1.82, 2.24) is 4.90 Å². The summed E-state index contributed by atoms with van der Waals surface area (Å²) in [6.45, 7) is 5.05. The van der Waals surface area contributed by atoms with Gasteiger partial charge in [-0.05, 0) is 19.5 Å². The molecule has 18 heavy (non-hydrogen) atoms. The van der Waals surface area contributed by atoms with Crippen LogP contribution in [0.4, 0.5) is 0 Å². The molecule has 2 rings (SSSR count). The quantitative estimate of drug-likeness (QED) is 0.885. The number of ether oxygens (including phenoxy) is 1. The molecular weight excluding hydrogens is 226 g/mol. The zero-order valence-electron chi connectivity index (χ0n) is 11.4. The third-order valence-electron chi connectivity index (χ3n) is 3.52. The minimum Gasteiger partial charge on any atom is -0.388 e. The Morgan fingerprint density at radius 2 is 2.06 bits per heavy atom. The van der Waals surface area contributed by atoms with Gasteiger partial charge in [-0.25, -0.2) is 0 Å². The highest BCUT2D eigenvalue weighted by Gasteiger charge is 2.30. The molecule has 1 heterocycles. The number of benzene rings is 1. The first kappa shape index (κ1) is 13.5. The third kappa shape index (κ3) is 3.80. The molecule has 1 fully saturated rings. The Morgan fingerprint density at radius 1 is 1.33 bits per heavy atom. The maximum Gasteiger partial charge on any atom is 0.0817 e. The molecule has 1 aliphatic heterocycles. The van der Waals surface area contributed by atoms with Crippen LogP contribution in [0.2, 0.25) is 0 Å². The summed E-state index contributed by atoms with van der Waals surface area (Å²) < 4.78 is 5.30. The molecule has 0 aliphatic carbocycles. The van der Waals surface area contributed by atoms with Gasteiger partial charge in [0.05, 0.1) is 5.60 Å². The third-order valence-corrected chi connectivity index (χ3v) is 3.52. The van der Waals surface area contributed by atoms with Gasteiger partial charge in [-0.3, -0.25) is 4.90 Å². The van der Waals surface area contributed by atoms with Gasteiger partial charge in [-0.1, -0.05) is 29.8 Å². The van der Waals surface area contributed by atoms with E-state index in [1.807, 2.05) is 0 Å². The number of nitrogens with zero attached hydrogens (tertiary/aromatic N) is 1. The van der Waals surface area contributed by atoms with Crippen molar-refractivity contribution in [3.05, 3.63) is 35.4 Å². The Labute approximate surface area is 109 Å². The van der Waals surface area contributed by atoms with Crippen molar-refractivity contribution in [3.63, 3.8) is 0 Å². The Morgan fingerprint density at radius 3 is 2.72 bits per heavy atom. The number of hydrogen-bond donors (Lipinski definition) is 1. The molecule has 3 nitrogen and oxygen atoms in total. The average molecular weight is 249 g/mol. The second kappa shape index (κ2) is 5.83. The van der Waals surface area contributed by atoms with Crippen molar-refractivity contribution in [2.45, 2.75) is 31.9 Å². The van der Waals surface area contributed by atoms with Gasteiger partial charge in [0.15, 0.2) is 0 Å². The maximum absolute atomic E-state index is 10.5. The SMILES string of the molecule is Cc1cccc(CN(C)CC2(O)CCOCC2)c1. The van der Waals surface area contributed by atoms with E-state index in [1.165, 1.54) is 11.1 Å². The molecule has 1 saturated heterocycles. The topological polar surface area (TPSA) is 32.7 Å². The van der Waals surface area contributed by atoms with Gasteiger partial charge in [-0.15, -0.1) is 0 Å². The Hall–Kier alpha value is -0.900. The highest BCUT2D eigenvalue weighted by molar-refractivity contribution is 5.22. The first-order valence-corrected chi connectivity index (χ1v) is 6.62.